The molecular weight excluding hydrogens is 294 g/mol. The third kappa shape index (κ3) is 11.1. The van der Waals surface area contributed by atoms with Crippen LogP contribution in [0.3, 0.4) is 0 Å². The molecule has 23 heavy (non-hydrogen) atoms. The molecule has 0 aliphatic heterocycles. The summed E-state index contributed by atoms with van der Waals surface area (Å²) in [6.45, 7) is 7.41. The van der Waals surface area contributed by atoms with E-state index in [1.165, 1.54) is 0 Å². The number of nitrogens with one attached hydrogen (secondary N) is 1. The standard InChI is InChI=1S/C17H35N3O3/c1-17(2,3)12-13(8-4-6-10-18)15(21)20-14(16(22)23)9-5-7-11-19/h13-14H,4-12,18-19H2,1-3H3,(H,20,21)(H,22,23)/t13-,14+/m1/s1. The highest BCUT2D eigenvalue weighted by Gasteiger charge is 2.28. The smallest absolute Gasteiger partial charge is 0.326 e. The molecule has 1 amide bonds. The predicted octanol–water partition coefficient (Wildman–Crippen LogP) is 1.87. The van der Waals surface area contributed by atoms with Gasteiger partial charge in [-0.2, -0.15) is 0 Å². The van der Waals surface area contributed by atoms with Crippen LogP contribution in [0, 0.1) is 11.3 Å². The van der Waals surface area contributed by atoms with Gasteiger partial charge in [0.05, 0.1) is 0 Å². The summed E-state index contributed by atoms with van der Waals surface area (Å²) in [6, 6.07) is -0.828. The van der Waals surface area contributed by atoms with E-state index in [1.54, 1.807) is 0 Å². The number of aliphatic carboxylic acids is 1. The van der Waals surface area contributed by atoms with Gasteiger partial charge in [-0.25, -0.2) is 4.79 Å². The summed E-state index contributed by atoms with van der Waals surface area (Å²) in [5.41, 5.74) is 11.0. The zero-order valence-electron chi connectivity index (χ0n) is 14.9. The number of carboxylic acids is 1. The first-order valence-electron chi connectivity index (χ1n) is 8.64. The van der Waals surface area contributed by atoms with E-state index in [9.17, 15) is 14.7 Å². The maximum atomic E-state index is 12.5. The van der Waals surface area contributed by atoms with Crippen LogP contribution in [-0.4, -0.2) is 36.1 Å². The molecule has 0 unspecified atom stereocenters. The molecule has 0 aromatic rings. The van der Waals surface area contributed by atoms with Crippen molar-refractivity contribution in [2.45, 2.75) is 71.8 Å². The molecular formula is C17H35N3O3. The van der Waals surface area contributed by atoms with Gasteiger partial charge >= 0.3 is 5.97 Å². The van der Waals surface area contributed by atoms with Crippen LogP contribution in [0.2, 0.25) is 0 Å². The normalized spacial score (nSPS) is 14.3. The molecule has 0 aromatic heterocycles. The fraction of sp³-hybridized carbons (Fsp3) is 0.882. The lowest BCUT2D eigenvalue weighted by Gasteiger charge is -2.26. The van der Waals surface area contributed by atoms with Crippen molar-refractivity contribution in [2.24, 2.45) is 22.8 Å². The number of hydrogen-bond acceptors (Lipinski definition) is 4. The van der Waals surface area contributed by atoms with E-state index in [0.717, 1.165) is 32.1 Å². The van der Waals surface area contributed by atoms with Crippen LogP contribution < -0.4 is 16.8 Å². The Bertz CT molecular complexity index is 353. The highest BCUT2D eigenvalue weighted by Crippen LogP contribution is 2.28. The van der Waals surface area contributed by atoms with Gasteiger partial charge in [0.2, 0.25) is 5.91 Å². The van der Waals surface area contributed by atoms with E-state index in [2.05, 4.69) is 26.1 Å². The number of carboxylic acid groups (broad SMARTS) is 1. The fourth-order valence-corrected chi connectivity index (χ4v) is 2.64. The first-order chi connectivity index (χ1) is 10.7. The SMILES string of the molecule is CC(C)(C)C[C@@H](CCCCN)C(=O)N[C@@H](CCCCN)C(=O)O. The molecule has 136 valence electrons. The van der Waals surface area contributed by atoms with Gasteiger partial charge in [-0.05, 0) is 57.0 Å². The summed E-state index contributed by atoms with van der Waals surface area (Å²) < 4.78 is 0. The highest BCUT2D eigenvalue weighted by molar-refractivity contribution is 5.84. The van der Waals surface area contributed by atoms with E-state index in [1.807, 2.05) is 0 Å². The minimum absolute atomic E-state index is 0.0169. The van der Waals surface area contributed by atoms with Gasteiger partial charge in [0.1, 0.15) is 6.04 Å². The van der Waals surface area contributed by atoms with Crippen molar-refractivity contribution in [3.8, 4) is 0 Å². The van der Waals surface area contributed by atoms with Crippen LogP contribution in [-0.2, 0) is 9.59 Å². The summed E-state index contributed by atoms with van der Waals surface area (Å²) in [5.74, 6) is -1.30. The lowest BCUT2D eigenvalue weighted by atomic mass is 9.82. The van der Waals surface area contributed by atoms with Gasteiger partial charge in [0.25, 0.3) is 0 Å². The summed E-state index contributed by atoms with van der Waals surface area (Å²) in [7, 11) is 0. The first kappa shape index (κ1) is 21.9. The van der Waals surface area contributed by atoms with Crippen molar-refractivity contribution in [1.29, 1.82) is 0 Å². The second-order valence-electron chi connectivity index (χ2n) is 7.43. The van der Waals surface area contributed by atoms with Crippen LogP contribution in [0.15, 0.2) is 0 Å². The lowest BCUT2D eigenvalue weighted by molar-refractivity contribution is -0.143. The summed E-state index contributed by atoms with van der Waals surface area (Å²) in [6.07, 6.45) is 5.13. The Morgan fingerprint density at radius 3 is 1.96 bits per heavy atom. The number of carbonyl (C=O) groups excluding carboxylic acids is 1. The zero-order chi connectivity index (χ0) is 17.9. The van der Waals surface area contributed by atoms with Gasteiger partial charge < -0.3 is 21.9 Å². The number of amides is 1. The summed E-state index contributed by atoms with van der Waals surface area (Å²) >= 11 is 0. The van der Waals surface area contributed by atoms with Crippen molar-refractivity contribution in [3.63, 3.8) is 0 Å². The minimum Gasteiger partial charge on any atom is -0.480 e. The molecule has 6 heteroatoms. The van der Waals surface area contributed by atoms with Crippen molar-refractivity contribution >= 4 is 11.9 Å². The molecule has 0 rings (SSSR count). The Morgan fingerprint density at radius 2 is 1.52 bits per heavy atom. The second-order valence-corrected chi connectivity index (χ2v) is 7.43. The molecule has 0 aliphatic carbocycles. The Kier molecular flexibility index (Phi) is 10.8. The second kappa shape index (κ2) is 11.4. The largest absolute Gasteiger partial charge is 0.480 e. The molecule has 0 aromatic carbocycles. The Balaban J connectivity index is 4.71. The lowest BCUT2D eigenvalue weighted by Crippen LogP contribution is -2.44. The topological polar surface area (TPSA) is 118 Å². The first-order valence-corrected chi connectivity index (χ1v) is 8.64. The van der Waals surface area contributed by atoms with Crippen LogP contribution in [0.5, 0.6) is 0 Å². The molecule has 0 fully saturated rings. The van der Waals surface area contributed by atoms with E-state index in [0.29, 0.717) is 25.9 Å². The minimum atomic E-state index is -0.980. The van der Waals surface area contributed by atoms with Crippen LogP contribution in [0.25, 0.3) is 0 Å². The molecule has 0 bridgehead atoms. The van der Waals surface area contributed by atoms with Crippen molar-refractivity contribution in [3.05, 3.63) is 0 Å². The molecule has 0 saturated carbocycles. The Labute approximate surface area is 140 Å². The van der Waals surface area contributed by atoms with Gasteiger partial charge in [0, 0.05) is 5.92 Å². The monoisotopic (exact) mass is 329 g/mol. The maximum absolute atomic E-state index is 12.5. The predicted molar refractivity (Wildman–Crippen MR) is 92.9 cm³/mol. The third-order valence-corrected chi connectivity index (χ3v) is 3.80. The Morgan fingerprint density at radius 1 is 1.00 bits per heavy atom. The van der Waals surface area contributed by atoms with Gasteiger partial charge in [-0.3, -0.25) is 4.79 Å². The molecule has 6 nitrogen and oxygen atoms in total. The zero-order valence-corrected chi connectivity index (χ0v) is 14.9. The number of rotatable bonds is 12. The number of unbranched alkanes of at least 4 members (excludes halogenated alkanes) is 2. The third-order valence-electron chi connectivity index (χ3n) is 3.80. The number of nitrogens with two attached hydrogens (primary N) is 2. The van der Waals surface area contributed by atoms with Crippen molar-refractivity contribution in [1.82, 2.24) is 5.32 Å². The summed E-state index contributed by atoms with van der Waals surface area (Å²) in [4.78, 5) is 23.9. The molecule has 6 N–H and O–H groups in total. The maximum Gasteiger partial charge on any atom is 0.326 e. The average molecular weight is 329 g/mol. The van der Waals surface area contributed by atoms with Gasteiger partial charge in [0.15, 0.2) is 0 Å². The van der Waals surface area contributed by atoms with Gasteiger partial charge in [-0.15, -0.1) is 0 Å². The number of carbonyl (C=O) groups is 2. The van der Waals surface area contributed by atoms with Crippen LogP contribution in [0.1, 0.15) is 65.7 Å². The molecule has 2 atom stereocenters. The molecule has 0 aliphatic rings. The van der Waals surface area contributed by atoms with E-state index >= 15 is 0 Å². The van der Waals surface area contributed by atoms with Crippen molar-refractivity contribution < 1.29 is 14.7 Å². The molecule has 0 heterocycles. The van der Waals surface area contributed by atoms with Crippen LogP contribution >= 0.6 is 0 Å². The fourth-order valence-electron chi connectivity index (χ4n) is 2.64. The molecule has 0 spiro atoms. The van der Waals surface area contributed by atoms with E-state index in [-0.39, 0.29) is 17.2 Å². The van der Waals surface area contributed by atoms with Crippen LogP contribution in [0.4, 0.5) is 0 Å². The van der Waals surface area contributed by atoms with Gasteiger partial charge in [-0.1, -0.05) is 27.2 Å². The average Bonchev–Trinajstić information content (AvgIpc) is 2.44. The highest BCUT2D eigenvalue weighted by atomic mass is 16.4. The van der Waals surface area contributed by atoms with E-state index in [4.69, 9.17) is 11.5 Å². The Hall–Kier alpha value is -1.14. The quantitative estimate of drug-likeness (QED) is 0.408. The van der Waals surface area contributed by atoms with Crippen molar-refractivity contribution in [2.75, 3.05) is 13.1 Å². The van der Waals surface area contributed by atoms with E-state index < -0.39 is 12.0 Å². The molecule has 0 saturated heterocycles. The summed E-state index contributed by atoms with van der Waals surface area (Å²) in [5, 5.41) is 12.0. The molecule has 0 radical (unpaired) electrons. The number of hydrogen-bond donors (Lipinski definition) is 4.